The van der Waals surface area contributed by atoms with Gasteiger partial charge in [-0.25, -0.2) is 0 Å². The van der Waals surface area contributed by atoms with Gasteiger partial charge < -0.3 is 14.2 Å². The third-order valence-corrected chi connectivity index (χ3v) is 7.10. The number of hydrogen-bond acceptors (Lipinski definition) is 5. The van der Waals surface area contributed by atoms with Crippen molar-refractivity contribution in [2.24, 2.45) is 0 Å². The summed E-state index contributed by atoms with van der Waals surface area (Å²) in [6.45, 7) is 2.47. The van der Waals surface area contributed by atoms with Gasteiger partial charge in [0, 0.05) is 11.4 Å². The van der Waals surface area contributed by atoms with Crippen LogP contribution in [0.4, 0.5) is 0 Å². The zero-order valence-electron chi connectivity index (χ0n) is 18.2. The molecule has 0 bridgehead atoms. The fourth-order valence-corrected chi connectivity index (χ4v) is 5.34. The summed E-state index contributed by atoms with van der Waals surface area (Å²) in [7, 11) is 4.02. The molecule has 0 fully saturated rings. The first-order valence-electron chi connectivity index (χ1n) is 10.6. The summed E-state index contributed by atoms with van der Waals surface area (Å²) in [5, 5.41) is 2.54. The minimum atomic E-state index is -0.485. The van der Waals surface area contributed by atoms with Gasteiger partial charge >= 0.3 is 0 Å². The summed E-state index contributed by atoms with van der Waals surface area (Å²) < 4.78 is 6.03. The molecule has 0 N–H and O–H groups in total. The molecule has 6 heteroatoms. The Morgan fingerprint density at radius 3 is 2.47 bits per heavy atom. The van der Waals surface area contributed by atoms with Crippen LogP contribution in [-0.2, 0) is 0 Å². The first-order chi connectivity index (χ1) is 15.5. The Morgan fingerprint density at radius 1 is 1.03 bits per heavy atom. The summed E-state index contributed by atoms with van der Waals surface area (Å²) in [5.74, 6) is -0.0835. The summed E-state index contributed by atoms with van der Waals surface area (Å²) in [6, 6.07) is 18.8. The summed E-state index contributed by atoms with van der Waals surface area (Å²) in [4.78, 5) is 32.3. The van der Waals surface area contributed by atoms with E-state index in [9.17, 15) is 9.59 Å². The van der Waals surface area contributed by atoms with Crippen molar-refractivity contribution in [3.8, 4) is 0 Å². The molecule has 3 heterocycles. The molecular formula is C26H24N2O3S. The second-order valence-electron chi connectivity index (χ2n) is 8.44. The number of nitrogens with zero attached hydrogens (tertiary/aromatic N) is 2. The van der Waals surface area contributed by atoms with Crippen LogP contribution in [0.15, 0.2) is 75.3 Å². The summed E-state index contributed by atoms with van der Waals surface area (Å²) in [6.07, 6.45) is 0. The predicted molar refractivity (Wildman–Crippen MR) is 127 cm³/mol. The minimum absolute atomic E-state index is 0.00530. The molecule has 0 saturated carbocycles. The molecule has 0 spiro atoms. The Morgan fingerprint density at radius 2 is 1.78 bits per heavy atom. The van der Waals surface area contributed by atoms with Gasteiger partial charge in [-0.3, -0.25) is 9.59 Å². The monoisotopic (exact) mass is 444 g/mol. The van der Waals surface area contributed by atoms with Gasteiger partial charge in [0.1, 0.15) is 5.58 Å². The number of para-hydroxylation sites is 1. The fraction of sp³-hybridized carbons (Fsp3) is 0.231. The molecule has 4 aromatic rings. The molecule has 0 saturated heterocycles. The third kappa shape index (κ3) is 3.36. The van der Waals surface area contributed by atoms with Gasteiger partial charge in [-0.1, -0.05) is 48.0 Å². The molecule has 2 atom stereocenters. The lowest BCUT2D eigenvalue weighted by atomic mass is 9.97. The largest absolute Gasteiger partial charge is 0.450 e. The van der Waals surface area contributed by atoms with Crippen molar-refractivity contribution in [3.63, 3.8) is 0 Å². The average molecular weight is 445 g/mol. The van der Waals surface area contributed by atoms with Crippen LogP contribution in [0, 0.1) is 6.92 Å². The van der Waals surface area contributed by atoms with Crippen LogP contribution in [-0.4, -0.2) is 36.3 Å². The van der Waals surface area contributed by atoms with Gasteiger partial charge in [0.05, 0.1) is 23.0 Å². The lowest BCUT2D eigenvalue weighted by Gasteiger charge is -2.32. The maximum atomic E-state index is 13.6. The van der Waals surface area contributed by atoms with Gasteiger partial charge in [-0.15, -0.1) is 11.3 Å². The van der Waals surface area contributed by atoms with E-state index in [1.807, 2.05) is 68.9 Å². The Bertz CT molecular complexity index is 1340. The average Bonchev–Trinajstić information content (AvgIpc) is 3.40. The van der Waals surface area contributed by atoms with E-state index in [0.29, 0.717) is 23.1 Å². The highest BCUT2D eigenvalue weighted by Gasteiger charge is 2.43. The van der Waals surface area contributed by atoms with Gasteiger partial charge in [0.15, 0.2) is 5.43 Å². The maximum Gasteiger partial charge on any atom is 0.290 e. The van der Waals surface area contributed by atoms with Crippen molar-refractivity contribution in [3.05, 3.63) is 104 Å². The minimum Gasteiger partial charge on any atom is -0.450 e. The predicted octanol–water partition coefficient (Wildman–Crippen LogP) is 5.01. The summed E-state index contributed by atoms with van der Waals surface area (Å²) in [5.41, 5.74) is 2.77. The van der Waals surface area contributed by atoms with E-state index in [1.165, 1.54) is 4.88 Å². The molecule has 0 radical (unpaired) electrons. The van der Waals surface area contributed by atoms with Gasteiger partial charge in [-0.2, -0.15) is 0 Å². The van der Waals surface area contributed by atoms with Crippen LogP contribution >= 0.6 is 11.3 Å². The molecule has 1 aliphatic heterocycles. The van der Waals surface area contributed by atoms with Crippen molar-refractivity contribution < 1.29 is 9.21 Å². The van der Waals surface area contributed by atoms with E-state index in [-0.39, 0.29) is 23.1 Å². The van der Waals surface area contributed by atoms with E-state index in [0.717, 1.165) is 11.1 Å². The van der Waals surface area contributed by atoms with Crippen LogP contribution in [0.2, 0.25) is 0 Å². The number of rotatable bonds is 5. The number of benzene rings is 2. The van der Waals surface area contributed by atoms with Crippen LogP contribution in [0.3, 0.4) is 0 Å². The molecule has 2 unspecified atom stereocenters. The zero-order chi connectivity index (χ0) is 22.4. The standard InChI is InChI=1S/C26H24N2O3S/c1-16-10-12-17(13-11-16)23-22-24(29)18-7-4-5-8-20(18)31-25(22)26(30)28(23)15-19(27(2)3)21-9-6-14-32-21/h4-14,19,23H,15H2,1-3H3. The van der Waals surface area contributed by atoms with Crippen molar-refractivity contribution in [2.45, 2.75) is 19.0 Å². The fourth-order valence-electron chi connectivity index (χ4n) is 4.43. The van der Waals surface area contributed by atoms with Crippen LogP contribution < -0.4 is 5.43 Å². The number of carbonyl (C=O) groups is 1. The highest BCUT2D eigenvalue weighted by Crippen LogP contribution is 2.40. The first-order valence-corrected chi connectivity index (χ1v) is 11.5. The molecule has 5 nitrogen and oxygen atoms in total. The number of likely N-dealkylation sites (N-methyl/N-ethyl adjacent to an activating group) is 1. The van der Waals surface area contributed by atoms with E-state index in [2.05, 4.69) is 11.0 Å². The normalized spacial score (nSPS) is 16.7. The van der Waals surface area contributed by atoms with Gasteiger partial charge in [0.25, 0.3) is 5.91 Å². The number of fused-ring (bicyclic) bond motifs is 2. The van der Waals surface area contributed by atoms with Crippen molar-refractivity contribution >= 4 is 28.2 Å². The van der Waals surface area contributed by atoms with Crippen molar-refractivity contribution in [1.29, 1.82) is 0 Å². The molecule has 0 aliphatic carbocycles. The number of carbonyl (C=O) groups excluding carboxylic acids is 1. The Kier molecular flexibility index (Phi) is 5.19. The van der Waals surface area contributed by atoms with E-state index in [1.54, 1.807) is 28.4 Å². The Balaban J connectivity index is 1.69. The van der Waals surface area contributed by atoms with Crippen molar-refractivity contribution in [2.75, 3.05) is 20.6 Å². The maximum absolute atomic E-state index is 13.6. The highest BCUT2D eigenvalue weighted by molar-refractivity contribution is 7.10. The lowest BCUT2D eigenvalue weighted by Crippen LogP contribution is -2.37. The topological polar surface area (TPSA) is 53.8 Å². The van der Waals surface area contributed by atoms with E-state index >= 15 is 0 Å². The molecule has 5 rings (SSSR count). The number of thiophene rings is 1. The van der Waals surface area contributed by atoms with Crippen LogP contribution in [0.5, 0.6) is 0 Å². The first kappa shape index (κ1) is 20.7. The Labute approximate surface area is 190 Å². The molecule has 1 amide bonds. The molecule has 2 aromatic heterocycles. The zero-order valence-corrected chi connectivity index (χ0v) is 19.1. The third-order valence-electron chi connectivity index (χ3n) is 6.13. The second-order valence-corrected chi connectivity index (χ2v) is 9.41. The number of hydrogen-bond donors (Lipinski definition) is 0. The lowest BCUT2D eigenvalue weighted by molar-refractivity contribution is 0.0677. The number of amides is 1. The quantitative estimate of drug-likeness (QED) is 0.434. The Hall–Kier alpha value is -3.22. The number of aryl methyl sites for hydroxylation is 1. The second kappa shape index (κ2) is 8.04. The SMILES string of the molecule is Cc1ccc(C2c3c(oc4ccccc4c3=O)C(=O)N2CC(c2cccs2)N(C)C)cc1. The molecule has 32 heavy (non-hydrogen) atoms. The smallest absolute Gasteiger partial charge is 0.290 e. The highest BCUT2D eigenvalue weighted by atomic mass is 32.1. The van der Waals surface area contributed by atoms with Crippen molar-refractivity contribution in [1.82, 2.24) is 9.80 Å². The summed E-state index contributed by atoms with van der Waals surface area (Å²) >= 11 is 1.67. The molecule has 2 aromatic carbocycles. The molecule has 1 aliphatic rings. The van der Waals surface area contributed by atoms with E-state index < -0.39 is 6.04 Å². The molecule has 162 valence electrons. The van der Waals surface area contributed by atoms with Crippen LogP contribution in [0.25, 0.3) is 11.0 Å². The van der Waals surface area contributed by atoms with Gasteiger partial charge in [0.2, 0.25) is 5.76 Å². The molecular weight excluding hydrogens is 420 g/mol. The van der Waals surface area contributed by atoms with Gasteiger partial charge in [-0.05, 0) is 50.2 Å². The van der Waals surface area contributed by atoms with Crippen LogP contribution in [0.1, 0.15) is 44.2 Å². The van der Waals surface area contributed by atoms with E-state index in [4.69, 9.17) is 4.42 Å².